The fourth-order valence-electron chi connectivity index (χ4n) is 2.53. The molecule has 5 heteroatoms. The van der Waals surface area contributed by atoms with Gasteiger partial charge in [0.25, 0.3) is 5.91 Å². The Morgan fingerprint density at radius 3 is 2.83 bits per heavy atom. The molecule has 0 aliphatic carbocycles. The van der Waals surface area contributed by atoms with Crippen LogP contribution >= 0.6 is 0 Å². The van der Waals surface area contributed by atoms with Crippen LogP contribution in [0, 0.1) is 0 Å². The molecule has 0 N–H and O–H groups in total. The van der Waals surface area contributed by atoms with Crippen molar-refractivity contribution in [2.24, 2.45) is 0 Å². The lowest BCUT2D eigenvalue weighted by Crippen LogP contribution is -2.36. The van der Waals surface area contributed by atoms with Gasteiger partial charge in [-0.15, -0.1) is 0 Å². The third kappa shape index (κ3) is 3.51. The zero-order chi connectivity index (χ0) is 16.9. The number of aromatic nitrogens is 2. The molecule has 0 bridgehead atoms. The Morgan fingerprint density at radius 2 is 2.12 bits per heavy atom. The van der Waals surface area contributed by atoms with Crippen LogP contribution in [0.15, 0.2) is 65.7 Å². The van der Waals surface area contributed by atoms with E-state index in [4.69, 9.17) is 4.42 Å². The first-order chi connectivity index (χ1) is 11.6. The first kappa shape index (κ1) is 15.9. The van der Waals surface area contributed by atoms with Crippen LogP contribution in [0.25, 0.3) is 11.3 Å². The molecule has 3 rings (SSSR count). The van der Waals surface area contributed by atoms with Crippen molar-refractivity contribution in [3.05, 3.63) is 72.5 Å². The van der Waals surface area contributed by atoms with E-state index in [0.29, 0.717) is 12.0 Å². The maximum absolute atomic E-state index is 12.8. The molecule has 5 nitrogen and oxygen atoms in total. The summed E-state index contributed by atoms with van der Waals surface area (Å²) >= 11 is 0. The van der Waals surface area contributed by atoms with E-state index >= 15 is 0 Å². The first-order valence-corrected chi connectivity index (χ1v) is 7.81. The highest BCUT2D eigenvalue weighted by Crippen LogP contribution is 2.21. The Bertz CT molecular complexity index is 800. The number of carbonyl (C=O) groups excluding carboxylic acids is 1. The van der Waals surface area contributed by atoms with Gasteiger partial charge >= 0.3 is 0 Å². The predicted molar refractivity (Wildman–Crippen MR) is 91.4 cm³/mol. The second kappa shape index (κ2) is 7.08. The molecule has 0 aliphatic heterocycles. The molecule has 0 radical (unpaired) electrons. The highest BCUT2D eigenvalue weighted by molar-refractivity contribution is 5.95. The van der Waals surface area contributed by atoms with Crippen molar-refractivity contribution in [2.75, 3.05) is 7.05 Å². The Hall–Kier alpha value is -2.95. The van der Waals surface area contributed by atoms with Crippen LogP contribution in [0.3, 0.4) is 0 Å². The van der Waals surface area contributed by atoms with Gasteiger partial charge in [-0.1, -0.05) is 12.1 Å². The van der Waals surface area contributed by atoms with Gasteiger partial charge in [-0.05, 0) is 31.2 Å². The van der Waals surface area contributed by atoms with Crippen molar-refractivity contribution in [1.29, 1.82) is 0 Å². The van der Waals surface area contributed by atoms with Gasteiger partial charge in [0, 0.05) is 49.2 Å². The van der Waals surface area contributed by atoms with Gasteiger partial charge < -0.3 is 9.32 Å². The molecule has 1 atom stereocenters. The van der Waals surface area contributed by atoms with Crippen LogP contribution in [0.5, 0.6) is 0 Å². The number of benzene rings is 1. The smallest absolute Gasteiger partial charge is 0.253 e. The molecule has 0 fully saturated rings. The summed E-state index contributed by atoms with van der Waals surface area (Å²) in [5.74, 6) is 0.722. The van der Waals surface area contributed by atoms with Crippen molar-refractivity contribution in [3.63, 3.8) is 0 Å². The molecule has 0 saturated carbocycles. The van der Waals surface area contributed by atoms with Crippen LogP contribution in [-0.4, -0.2) is 33.9 Å². The average molecular weight is 321 g/mol. The summed E-state index contributed by atoms with van der Waals surface area (Å²) in [7, 11) is 1.81. The number of amides is 1. The van der Waals surface area contributed by atoms with Gasteiger partial charge in [0.05, 0.1) is 12.0 Å². The van der Waals surface area contributed by atoms with Gasteiger partial charge in [-0.25, -0.2) is 0 Å². The summed E-state index contributed by atoms with van der Waals surface area (Å²) in [5, 5.41) is 0. The van der Waals surface area contributed by atoms with E-state index < -0.39 is 0 Å². The van der Waals surface area contributed by atoms with Gasteiger partial charge in [-0.3, -0.25) is 14.8 Å². The molecular formula is C19H19N3O2. The SMILES string of the molecule is CC(Cc1cnccn1)N(C)C(=O)c1cccc(-c2ccco2)c1. The van der Waals surface area contributed by atoms with E-state index in [1.54, 1.807) is 29.8 Å². The quantitative estimate of drug-likeness (QED) is 0.722. The van der Waals surface area contributed by atoms with Crippen LogP contribution in [0.4, 0.5) is 0 Å². The first-order valence-electron chi connectivity index (χ1n) is 7.81. The molecular weight excluding hydrogens is 302 g/mol. The maximum Gasteiger partial charge on any atom is 0.253 e. The number of likely N-dealkylation sites (N-methyl/N-ethyl adjacent to an activating group) is 1. The zero-order valence-corrected chi connectivity index (χ0v) is 13.7. The van der Waals surface area contributed by atoms with Crippen LogP contribution < -0.4 is 0 Å². The van der Waals surface area contributed by atoms with Crippen molar-refractivity contribution >= 4 is 5.91 Å². The fourth-order valence-corrected chi connectivity index (χ4v) is 2.53. The highest BCUT2D eigenvalue weighted by Gasteiger charge is 2.19. The molecule has 0 saturated heterocycles. The van der Waals surface area contributed by atoms with E-state index in [0.717, 1.165) is 17.0 Å². The molecule has 1 aromatic carbocycles. The van der Waals surface area contributed by atoms with E-state index in [1.165, 1.54) is 0 Å². The summed E-state index contributed by atoms with van der Waals surface area (Å²) < 4.78 is 5.40. The second-order valence-corrected chi connectivity index (χ2v) is 5.72. The average Bonchev–Trinajstić information content (AvgIpc) is 3.16. The summed E-state index contributed by atoms with van der Waals surface area (Å²) in [4.78, 5) is 22.8. The number of rotatable bonds is 5. The molecule has 2 heterocycles. The molecule has 0 aliphatic rings. The van der Waals surface area contributed by atoms with Gasteiger partial charge in [-0.2, -0.15) is 0 Å². The third-order valence-electron chi connectivity index (χ3n) is 4.02. The van der Waals surface area contributed by atoms with E-state index in [9.17, 15) is 4.79 Å². The molecule has 24 heavy (non-hydrogen) atoms. The van der Waals surface area contributed by atoms with Crippen molar-refractivity contribution in [3.8, 4) is 11.3 Å². The normalized spacial score (nSPS) is 11.9. The third-order valence-corrected chi connectivity index (χ3v) is 4.02. The summed E-state index contributed by atoms with van der Waals surface area (Å²) in [6, 6.07) is 11.2. The number of nitrogens with zero attached hydrogens (tertiary/aromatic N) is 3. The van der Waals surface area contributed by atoms with Gasteiger partial charge in [0.15, 0.2) is 0 Å². The zero-order valence-electron chi connectivity index (χ0n) is 13.7. The number of furan rings is 1. The topological polar surface area (TPSA) is 59.2 Å². The summed E-state index contributed by atoms with van der Waals surface area (Å²) in [6.45, 7) is 2.00. The maximum atomic E-state index is 12.8. The number of hydrogen-bond donors (Lipinski definition) is 0. The summed E-state index contributed by atoms with van der Waals surface area (Å²) in [6.07, 6.45) is 7.32. The Kier molecular flexibility index (Phi) is 4.70. The standard InChI is InChI=1S/C19H19N3O2/c1-14(11-17-13-20-8-9-21-17)22(2)19(23)16-6-3-5-15(12-16)18-7-4-10-24-18/h3-10,12-14H,11H2,1-2H3. The largest absolute Gasteiger partial charge is 0.464 e. The lowest BCUT2D eigenvalue weighted by molar-refractivity contribution is 0.0743. The van der Waals surface area contributed by atoms with Crippen LogP contribution in [-0.2, 0) is 6.42 Å². The van der Waals surface area contributed by atoms with Crippen molar-refractivity contribution < 1.29 is 9.21 Å². The lowest BCUT2D eigenvalue weighted by atomic mass is 10.1. The summed E-state index contributed by atoms with van der Waals surface area (Å²) in [5.41, 5.74) is 2.40. The fraction of sp³-hybridized carbons (Fsp3) is 0.211. The second-order valence-electron chi connectivity index (χ2n) is 5.72. The molecule has 0 spiro atoms. The van der Waals surface area contributed by atoms with Crippen LogP contribution in [0.1, 0.15) is 23.0 Å². The molecule has 3 aromatic rings. The van der Waals surface area contributed by atoms with E-state index in [1.807, 2.05) is 50.4 Å². The Balaban J connectivity index is 1.74. The minimum absolute atomic E-state index is 0.0152. The molecule has 2 aromatic heterocycles. The van der Waals surface area contributed by atoms with Crippen molar-refractivity contribution in [2.45, 2.75) is 19.4 Å². The minimum atomic E-state index is -0.0280. The highest BCUT2D eigenvalue weighted by atomic mass is 16.3. The molecule has 1 amide bonds. The molecule has 1 unspecified atom stereocenters. The van der Waals surface area contributed by atoms with Gasteiger partial charge in [0.2, 0.25) is 0 Å². The number of hydrogen-bond acceptors (Lipinski definition) is 4. The Morgan fingerprint density at radius 1 is 1.25 bits per heavy atom. The Labute approximate surface area is 141 Å². The van der Waals surface area contributed by atoms with Gasteiger partial charge in [0.1, 0.15) is 5.76 Å². The monoisotopic (exact) mass is 321 g/mol. The number of carbonyl (C=O) groups is 1. The lowest BCUT2D eigenvalue weighted by Gasteiger charge is -2.25. The van der Waals surface area contributed by atoms with Crippen molar-refractivity contribution in [1.82, 2.24) is 14.9 Å². The van der Waals surface area contributed by atoms with Crippen LogP contribution in [0.2, 0.25) is 0 Å². The van der Waals surface area contributed by atoms with E-state index in [-0.39, 0.29) is 11.9 Å². The van der Waals surface area contributed by atoms with E-state index in [2.05, 4.69) is 9.97 Å². The minimum Gasteiger partial charge on any atom is -0.464 e. The molecule has 122 valence electrons. The predicted octanol–water partition coefficient (Wildman–Crippen LogP) is 3.44.